The van der Waals surface area contributed by atoms with Gasteiger partial charge in [0.25, 0.3) is 0 Å². The molecular formula is C17H25ClN4O3. The second-order valence-electron chi connectivity index (χ2n) is 5.51. The molecule has 0 radical (unpaired) electrons. The Morgan fingerprint density at radius 2 is 2.04 bits per heavy atom. The topological polar surface area (TPSA) is 80.5 Å². The highest BCUT2D eigenvalue weighted by molar-refractivity contribution is 5.85. The first-order valence-corrected chi connectivity index (χ1v) is 7.99. The second-order valence-corrected chi connectivity index (χ2v) is 5.51. The molecule has 0 fully saturated rings. The van der Waals surface area contributed by atoms with Crippen LogP contribution in [0.15, 0.2) is 28.8 Å². The number of halogens is 1. The lowest BCUT2D eigenvalue weighted by Gasteiger charge is -2.16. The third-order valence-electron chi connectivity index (χ3n) is 3.72. The van der Waals surface area contributed by atoms with E-state index >= 15 is 0 Å². The van der Waals surface area contributed by atoms with Crippen molar-refractivity contribution in [2.45, 2.75) is 19.3 Å². The molecule has 138 valence electrons. The normalized spacial score (nSPS) is 10.2. The van der Waals surface area contributed by atoms with Gasteiger partial charge in [-0.3, -0.25) is 4.79 Å². The van der Waals surface area contributed by atoms with Crippen molar-refractivity contribution >= 4 is 18.3 Å². The van der Waals surface area contributed by atoms with E-state index in [0.717, 1.165) is 17.9 Å². The molecule has 0 aliphatic heterocycles. The summed E-state index contributed by atoms with van der Waals surface area (Å²) < 4.78 is 10.4. The molecule has 8 heteroatoms. The number of hydrogen-bond acceptors (Lipinski definition) is 6. The summed E-state index contributed by atoms with van der Waals surface area (Å²) >= 11 is 0. The van der Waals surface area contributed by atoms with Crippen LogP contribution in [0.2, 0.25) is 0 Å². The van der Waals surface area contributed by atoms with Crippen LogP contribution in [0.1, 0.15) is 18.7 Å². The Kier molecular flexibility index (Phi) is 8.94. The van der Waals surface area contributed by atoms with Crippen molar-refractivity contribution in [2.24, 2.45) is 0 Å². The van der Waals surface area contributed by atoms with Crippen molar-refractivity contribution in [1.29, 1.82) is 0 Å². The van der Waals surface area contributed by atoms with E-state index in [1.54, 1.807) is 12.0 Å². The molecule has 1 heterocycles. The zero-order chi connectivity index (χ0) is 17.4. The molecule has 2 aromatic rings. The third-order valence-corrected chi connectivity index (χ3v) is 3.72. The monoisotopic (exact) mass is 368 g/mol. The molecule has 0 bridgehead atoms. The number of nitrogens with zero attached hydrogens (tertiary/aromatic N) is 3. The number of likely N-dealkylation sites (N-methyl/N-ethyl adjacent to an activating group) is 2. The number of nitrogens with one attached hydrogen (secondary N) is 1. The van der Waals surface area contributed by atoms with E-state index in [1.807, 2.05) is 38.4 Å². The summed E-state index contributed by atoms with van der Waals surface area (Å²) in [5, 5.41) is 7.01. The Morgan fingerprint density at radius 1 is 1.32 bits per heavy atom. The molecule has 7 nitrogen and oxygen atoms in total. The van der Waals surface area contributed by atoms with Crippen LogP contribution in [0.3, 0.4) is 0 Å². The van der Waals surface area contributed by atoms with E-state index in [4.69, 9.17) is 9.26 Å². The van der Waals surface area contributed by atoms with Crippen LogP contribution < -0.4 is 10.1 Å². The van der Waals surface area contributed by atoms with Crippen molar-refractivity contribution in [3.05, 3.63) is 30.2 Å². The molecule has 0 saturated carbocycles. The van der Waals surface area contributed by atoms with Gasteiger partial charge in [0.2, 0.25) is 17.6 Å². The van der Waals surface area contributed by atoms with Crippen molar-refractivity contribution < 1.29 is 14.1 Å². The van der Waals surface area contributed by atoms with Crippen molar-refractivity contribution in [3.63, 3.8) is 0 Å². The molecule has 1 N–H and O–H groups in total. The van der Waals surface area contributed by atoms with Crippen LogP contribution in [-0.2, 0) is 11.2 Å². The van der Waals surface area contributed by atoms with Crippen LogP contribution in [0, 0.1) is 0 Å². The van der Waals surface area contributed by atoms with Crippen LogP contribution in [0.25, 0.3) is 11.4 Å². The van der Waals surface area contributed by atoms with Crippen LogP contribution in [-0.4, -0.2) is 55.2 Å². The zero-order valence-electron chi connectivity index (χ0n) is 14.8. The maximum atomic E-state index is 11.9. The van der Waals surface area contributed by atoms with Crippen molar-refractivity contribution in [1.82, 2.24) is 20.4 Å². The fourth-order valence-corrected chi connectivity index (χ4v) is 2.20. The molecule has 1 amide bonds. The summed E-state index contributed by atoms with van der Waals surface area (Å²) in [5.41, 5.74) is 0.869. The minimum Gasteiger partial charge on any atom is -0.497 e. The Morgan fingerprint density at radius 3 is 2.68 bits per heavy atom. The number of aryl methyl sites for hydroxylation is 1. The molecule has 1 aromatic heterocycles. The molecule has 0 aliphatic rings. The highest BCUT2D eigenvalue weighted by atomic mass is 35.5. The highest BCUT2D eigenvalue weighted by Gasteiger charge is 2.11. The predicted molar refractivity (Wildman–Crippen MR) is 98.0 cm³/mol. The number of ether oxygens (including phenoxy) is 1. The molecule has 2 rings (SSSR count). The number of carbonyl (C=O) groups excluding carboxylic acids is 1. The molecule has 25 heavy (non-hydrogen) atoms. The lowest BCUT2D eigenvalue weighted by Crippen LogP contribution is -2.32. The standard InChI is InChI=1S/C17H24N4O3.ClH/c1-18-11-12-21(2)16(22)6-4-5-15-19-17(20-24-15)13-7-9-14(23-3)10-8-13;/h7-10,18H,4-6,11-12H2,1-3H3;1H. The van der Waals surface area contributed by atoms with Gasteiger partial charge in [-0.15, -0.1) is 12.4 Å². The Bertz CT molecular complexity index is 646. The fraction of sp³-hybridized carbons (Fsp3) is 0.471. The number of carbonyl (C=O) groups is 1. The SMILES string of the molecule is CNCCN(C)C(=O)CCCc1nc(-c2ccc(OC)cc2)no1.Cl. The average Bonchev–Trinajstić information content (AvgIpc) is 3.08. The van der Waals surface area contributed by atoms with E-state index in [-0.39, 0.29) is 18.3 Å². The smallest absolute Gasteiger partial charge is 0.226 e. The molecule has 0 aliphatic carbocycles. The minimum atomic E-state index is 0. The molecule has 0 atom stereocenters. The van der Waals surface area contributed by atoms with Gasteiger partial charge in [0.1, 0.15) is 5.75 Å². The van der Waals surface area contributed by atoms with Gasteiger partial charge in [0, 0.05) is 38.5 Å². The van der Waals surface area contributed by atoms with Crippen molar-refractivity contribution in [3.8, 4) is 17.1 Å². The van der Waals surface area contributed by atoms with Gasteiger partial charge in [-0.1, -0.05) is 5.16 Å². The van der Waals surface area contributed by atoms with E-state index < -0.39 is 0 Å². The summed E-state index contributed by atoms with van der Waals surface area (Å²) in [4.78, 5) is 18.0. The maximum absolute atomic E-state index is 11.9. The van der Waals surface area contributed by atoms with E-state index in [2.05, 4.69) is 15.5 Å². The average molecular weight is 369 g/mol. The molecule has 0 spiro atoms. The lowest BCUT2D eigenvalue weighted by molar-refractivity contribution is -0.129. The first-order chi connectivity index (χ1) is 11.6. The number of amides is 1. The van der Waals surface area contributed by atoms with E-state index in [0.29, 0.717) is 37.5 Å². The first-order valence-electron chi connectivity index (χ1n) is 7.99. The fourth-order valence-electron chi connectivity index (χ4n) is 2.20. The number of hydrogen-bond donors (Lipinski definition) is 1. The molecule has 0 saturated heterocycles. The minimum absolute atomic E-state index is 0. The maximum Gasteiger partial charge on any atom is 0.226 e. The molecular weight excluding hydrogens is 344 g/mol. The summed E-state index contributed by atoms with van der Waals surface area (Å²) in [6, 6.07) is 7.47. The predicted octanol–water partition coefficient (Wildman–Crippen LogP) is 2.17. The summed E-state index contributed by atoms with van der Waals surface area (Å²) in [6.45, 7) is 1.49. The summed E-state index contributed by atoms with van der Waals surface area (Å²) in [5.74, 6) is 2.00. The van der Waals surface area contributed by atoms with Gasteiger partial charge in [0.05, 0.1) is 7.11 Å². The van der Waals surface area contributed by atoms with Gasteiger partial charge < -0.3 is 19.5 Å². The van der Waals surface area contributed by atoms with Gasteiger partial charge >= 0.3 is 0 Å². The Hall–Kier alpha value is -2.12. The zero-order valence-corrected chi connectivity index (χ0v) is 15.6. The third kappa shape index (κ3) is 6.36. The first kappa shape index (κ1) is 20.9. The van der Waals surface area contributed by atoms with E-state index in [9.17, 15) is 4.79 Å². The van der Waals surface area contributed by atoms with Gasteiger partial charge in [-0.2, -0.15) is 4.98 Å². The Balaban J connectivity index is 0.00000312. The second kappa shape index (κ2) is 10.7. The van der Waals surface area contributed by atoms with E-state index in [1.165, 1.54) is 0 Å². The van der Waals surface area contributed by atoms with Crippen molar-refractivity contribution in [2.75, 3.05) is 34.3 Å². The molecule has 0 unspecified atom stereocenters. The Labute approximate surface area is 154 Å². The molecule has 1 aromatic carbocycles. The number of rotatable bonds is 9. The van der Waals surface area contributed by atoms with Crippen LogP contribution >= 0.6 is 12.4 Å². The van der Waals surface area contributed by atoms with Gasteiger partial charge in [-0.05, 0) is 37.7 Å². The largest absolute Gasteiger partial charge is 0.497 e. The summed E-state index contributed by atoms with van der Waals surface area (Å²) in [6.07, 6.45) is 1.75. The number of methoxy groups -OCH3 is 1. The highest BCUT2D eigenvalue weighted by Crippen LogP contribution is 2.20. The lowest BCUT2D eigenvalue weighted by atomic mass is 10.2. The van der Waals surface area contributed by atoms with Gasteiger partial charge in [-0.25, -0.2) is 0 Å². The van der Waals surface area contributed by atoms with Crippen LogP contribution in [0.4, 0.5) is 0 Å². The number of aromatic nitrogens is 2. The van der Waals surface area contributed by atoms with Gasteiger partial charge in [0.15, 0.2) is 0 Å². The number of benzene rings is 1. The quantitative estimate of drug-likeness (QED) is 0.730. The summed E-state index contributed by atoms with van der Waals surface area (Å²) in [7, 11) is 5.31. The van der Waals surface area contributed by atoms with Crippen LogP contribution in [0.5, 0.6) is 5.75 Å².